The highest BCUT2D eigenvalue weighted by atomic mass is 32.1. The molecule has 2 aromatic rings. The number of likely N-dealkylation sites (N-methyl/N-ethyl adjacent to an activating group) is 1. The van der Waals surface area contributed by atoms with Crippen molar-refractivity contribution >= 4 is 28.8 Å². The summed E-state index contributed by atoms with van der Waals surface area (Å²) in [4.78, 5) is 32.9. The maximum Gasteiger partial charge on any atom is 0.264 e. The first-order valence-electron chi connectivity index (χ1n) is 8.39. The Morgan fingerprint density at radius 1 is 1.36 bits per heavy atom. The normalized spacial score (nSPS) is 20.2. The van der Waals surface area contributed by atoms with Gasteiger partial charge in [-0.15, -0.1) is 11.3 Å². The molecule has 0 radical (unpaired) electrons. The molecule has 1 fully saturated rings. The summed E-state index contributed by atoms with van der Waals surface area (Å²) in [7, 11) is 1.71. The molecule has 2 aliphatic rings. The van der Waals surface area contributed by atoms with Crippen LogP contribution in [0.4, 0.5) is 5.69 Å². The number of carbonyl (C=O) groups is 2. The van der Waals surface area contributed by atoms with Crippen LogP contribution in [0.25, 0.3) is 0 Å². The predicted octanol–water partition coefficient (Wildman–Crippen LogP) is 2.87. The number of ether oxygens (including phenoxy) is 1. The number of benzene rings is 1. The monoisotopic (exact) mass is 357 g/mol. The molecule has 25 heavy (non-hydrogen) atoms. The largest absolute Gasteiger partial charge is 0.482 e. The summed E-state index contributed by atoms with van der Waals surface area (Å²) in [5.41, 5.74) is 1.22. The standard InChI is InChI=1S/C18H19N3O3S/c1-20-14-10-12(5-6-15(14)24-11-16(20)22)18(23)21-8-3-2-4-13(21)17-19-7-9-25-17/h5-7,9-10,13H,2-4,8,11H2,1H3/t13-/m0/s1. The molecule has 6 nitrogen and oxygen atoms in total. The third kappa shape index (κ3) is 2.89. The number of hydrogen-bond donors (Lipinski definition) is 0. The van der Waals surface area contributed by atoms with Crippen LogP contribution in [0.1, 0.15) is 40.7 Å². The molecule has 1 aromatic carbocycles. The first-order chi connectivity index (χ1) is 12.1. The molecule has 0 N–H and O–H groups in total. The number of likely N-dealkylation sites (tertiary alicyclic amines) is 1. The number of carbonyl (C=O) groups excluding carboxylic acids is 2. The number of hydrogen-bond acceptors (Lipinski definition) is 5. The molecule has 0 unspecified atom stereocenters. The van der Waals surface area contributed by atoms with Gasteiger partial charge in [0, 0.05) is 30.7 Å². The molecule has 0 saturated carbocycles. The Labute approximate surface area is 150 Å². The molecule has 0 spiro atoms. The van der Waals surface area contributed by atoms with Crippen LogP contribution in [-0.4, -0.2) is 41.9 Å². The molecule has 2 amide bonds. The molecule has 7 heteroatoms. The van der Waals surface area contributed by atoms with E-state index in [4.69, 9.17) is 4.74 Å². The zero-order valence-corrected chi connectivity index (χ0v) is 14.8. The van der Waals surface area contributed by atoms with E-state index in [0.717, 1.165) is 30.8 Å². The van der Waals surface area contributed by atoms with Crippen molar-refractivity contribution in [3.63, 3.8) is 0 Å². The van der Waals surface area contributed by atoms with Crippen LogP contribution in [0.15, 0.2) is 29.8 Å². The van der Waals surface area contributed by atoms with E-state index in [2.05, 4.69) is 4.98 Å². The molecule has 0 bridgehead atoms. The molecule has 4 rings (SSSR count). The maximum absolute atomic E-state index is 13.1. The number of nitrogens with zero attached hydrogens (tertiary/aromatic N) is 3. The van der Waals surface area contributed by atoms with Crippen molar-refractivity contribution in [2.45, 2.75) is 25.3 Å². The van der Waals surface area contributed by atoms with E-state index in [1.807, 2.05) is 10.3 Å². The first-order valence-corrected chi connectivity index (χ1v) is 9.27. The number of aromatic nitrogens is 1. The zero-order valence-electron chi connectivity index (χ0n) is 14.0. The van der Waals surface area contributed by atoms with Gasteiger partial charge in [0.15, 0.2) is 6.61 Å². The second-order valence-corrected chi connectivity index (χ2v) is 7.23. The van der Waals surface area contributed by atoms with Crippen molar-refractivity contribution in [1.82, 2.24) is 9.88 Å². The Morgan fingerprint density at radius 3 is 3.04 bits per heavy atom. The van der Waals surface area contributed by atoms with Gasteiger partial charge in [-0.2, -0.15) is 0 Å². The summed E-state index contributed by atoms with van der Waals surface area (Å²) < 4.78 is 5.44. The van der Waals surface area contributed by atoms with Crippen LogP contribution in [0.5, 0.6) is 5.75 Å². The van der Waals surface area contributed by atoms with E-state index < -0.39 is 0 Å². The number of piperidine rings is 1. The molecule has 3 heterocycles. The minimum Gasteiger partial charge on any atom is -0.482 e. The summed E-state index contributed by atoms with van der Waals surface area (Å²) in [6, 6.07) is 5.34. The number of anilines is 1. The van der Waals surface area contributed by atoms with Gasteiger partial charge in [-0.1, -0.05) is 0 Å². The van der Waals surface area contributed by atoms with Gasteiger partial charge in [0.25, 0.3) is 11.8 Å². The molecule has 0 aliphatic carbocycles. The minimum atomic E-state index is -0.115. The molecular formula is C18H19N3O3S. The summed E-state index contributed by atoms with van der Waals surface area (Å²) in [6.45, 7) is 0.764. The van der Waals surface area contributed by atoms with Crippen LogP contribution < -0.4 is 9.64 Å². The first kappa shape index (κ1) is 16.1. The van der Waals surface area contributed by atoms with Crippen molar-refractivity contribution in [2.75, 3.05) is 25.1 Å². The van der Waals surface area contributed by atoms with Gasteiger partial charge >= 0.3 is 0 Å². The van der Waals surface area contributed by atoms with E-state index in [9.17, 15) is 9.59 Å². The van der Waals surface area contributed by atoms with Crippen LogP contribution in [0.2, 0.25) is 0 Å². The fraction of sp³-hybridized carbons (Fsp3) is 0.389. The van der Waals surface area contributed by atoms with Gasteiger partial charge in [-0.3, -0.25) is 9.59 Å². The van der Waals surface area contributed by atoms with Crippen LogP contribution in [0, 0.1) is 0 Å². The lowest BCUT2D eigenvalue weighted by Gasteiger charge is -2.35. The Bertz CT molecular complexity index is 806. The van der Waals surface area contributed by atoms with Gasteiger partial charge in [-0.25, -0.2) is 4.98 Å². The highest BCUT2D eigenvalue weighted by Crippen LogP contribution is 2.36. The van der Waals surface area contributed by atoms with Gasteiger partial charge in [0.2, 0.25) is 0 Å². The smallest absolute Gasteiger partial charge is 0.264 e. The number of thiazole rings is 1. The number of rotatable bonds is 2. The summed E-state index contributed by atoms with van der Waals surface area (Å²) >= 11 is 1.59. The van der Waals surface area contributed by atoms with E-state index >= 15 is 0 Å². The topological polar surface area (TPSA) is 62.7 Å². The van der Waals surface area contributed by atoms with Crippen molar-refractivity contribution in [3.05, 3.63) is 40.3 Å². The Kier molecular flexibility index (Phi) is 4.17. The SMILES string of the molecule is CN1C(=O)COc2ccc(C(=O)N3CCCC[C@H]3c3nccs3)cc21. The summed E-state index contributed by atoms with van der Waals surface area (Å²) in [5.74, 6) is 0.499. The van der Waals surface area contributed by atoms with Gasteiger partial charge in [0.1, 0.15) is 10.8 Å². The average molecular weight is 357 g/mol. The van der Waals surface area contributed by atoms with Gasteiger partial charge in [-0.05, 0) is 37.5 Å². The van der Waals surface area contributed by atoms with Crippen LogP contribution >= 0.6 is 11.3 Å². The molecule has 1 saturated heterocycles. The highest BCUT2D eigenvalue weighted by Gasteiger charge is 2.31. The fourth-order valence-electron chi connectivity index (χ4n) is 3.40. The molecule has 2 aliphatic heterocycles. The van der Waals surface area contributed by atoms with Gasteiger partial charge in [0.05, 0.1) is 11.7 Å². The second-order valence-electron chi connectivity index (χ2n) is 6.30. The minimum absolute atomic E-state index is 0.0193. The molecule has 1 atom stereocenters. The zero-order chi connectivity index (χ0) is 17.4. The lowest BCUT2D eigenvalue weighted by atomic mass is 10.0. The van der Waals surface area contributed by atoms with E-state index in [1.54, 1.807) is 47.7 Å². The number of amides is 2. The Hall–Kier alpha value is -2.41. The third-order valence-corrected chi connectivity index (χ3v) is 5.67. The lowest BCUT2D eigenvalue weighted by Crippen LogP contribution is -2.39. The quantitative estimate of drug-likeness (QED) is 0.829. The maximum atomic E-state index is 13.1. The summed E-state index contributed by atoms with van der Waals surface area (Å²) in [5, 5.41) is 2.94. The van der Waals surface area contributed by atoms with Crippen molar-refractivity contribution in [1.29, 1.82) is 0 Å². The van der Waals surface area contributed by atoms with E-state index in [-0.39, 0.29) is 24.5 Å². The van der Waals surface area contributed by atoms with Crippen LogP contribution in [0.3, 0.4) is 0 Å². The molecule has 1 aromatic heterocycles. The fourth-order valence-corrected chi connectivity index (χ4v) is 4.19. The summed E-state index contributed by atoms with van der Waals surface area (Å²) in [6.07, 6.45) is 4.82. The lowest BCUT2D eigenvalue weighted by molar-refractivity contribution is -0.120. The highest BCUT2D eigenvalue weighted by molar-refractivity contribution is 7.09. The Balaban J connectivity index is 1.65. The van der Waals surface area contributed by atoms with Crippen LogP contribution in [-0.2, 0) is 4.79 Å². The third-order valence-electron chi connectivity index (χ3n) is 4.79. The van der Waals surface area contributed by atoms with E-state index in [1.165, 1.54) is 0 Å². The van der Waals surface area contributed by atoms with E-state index in [0.29, 0.717) is 17.0 Å². The molecule has 130 valence electrons. The molecular weight excluding hydrogens is 338 g/mol. The Morgan fingerprint density at radius 2 is 2.24 bits per heavy atom. The average Bonchev–Trinajstić information content (AvgIpc) is 3.18. The van der Waals surface area contributed by atoms with Crippen molar-refractivity contribution < 1.29 is 14.3 Å². The second kappa shape index (κ2) is 6.48. The van der Waals surface area contributed by atoms with Crippen molar-refractivity contribution in [3.8, 4) is 5.75 Å². The number of fused-ring (bicyclic) bond motifs is 1. The predicted molar refractivity (Wildman–Crippen MR) is 95.1 cm³/mol. The van der Waals surface area contributed by atoms with Crippen molar-refractivity contribution in [2.24, 2.45) is 0 Å². The van der Waals surface area contributed by atoms with Gasteiger partial charge < -0.3 is 14.5 Å².